The van der Waals surface area contributed by atoms with Gasteiger partial charge in [0.05, 0.1) is 16.6 Å². The van der Waals surface area contributed by atoms with E-state index < -0.39 is 16.9 Å². The van der Waals surface area contributed by atoms with Crippen LogP contribution in [0.3, 0.4) is 0 Å². The monoisotopic (exact) mass is 315 g/mol. The molecule has 2 rings (SSSR count). The number of nitrogen functional groups attached to an aromatic ring is 1. The quantitative estimate of drug-likeness (QED) is 0.442. The van der Waals surface area contributed by atoms with Crippen molar-refractivity contribution < 1.29 is 14.8 Å². The van der Waals surface area contributed by atoms with Gasteiger partial charge in [-0.1, -0.05) is 35.9 Å². The summed E-state index contributed by atoms with van der Waals surface area (Å²) in [4.78, 5) is 22.3. The molecule has 0 radical (unpaired) electrons. The molecule has 1 amide bonds. The van der Waals surface area contributed by atoms with Crippen LogP contribution in [-0.4, -0.2) is 22.5 Å². The lowest BCUT2D eigenvalue weighted by Crippen LogP contribution is -2.29. The number of anilines is 1. The first-order valence-corrected chi connectivity index (χ1v) is 6.96. The lowest BCUT2D eigenvalue weighted by Gasteiger charge is -2.13. The summed E-state index contributed by atoms with van der Waals surface area (Å²) in [5.41, 5.74) is 6.88. The lowest BCUT2D eigenvalue weighted by atomic mass is 10.1. The van der Waals surface area contributed by atoms with Gasteiger partial charge in [0.25, 0.3) is 11.6 Å². The van der Waals surface area contributed by atoms with Crippen LogP contribution in [0.5, 0.6) is 0 Å². The second-order valence-electron chi connectivity index (χ2n) is 5.13. The molecule has 0 aliphatic carbocycles. The zero-order valence-electron chi connectivity index (χ0n) is 12.5. The van der Waals surface area contributed by atoms with Crippen molar-refractivity contribution in [3.05, 3.63) is 69.3 Å². The minimum atomic E-state index is -0.875. The van der Waals surface area contributed by atoms with Gasteiger partial charge in [-0.2, -0.15) is 0 Å². The minimum Gasteiger partial charge on any atom is -0.393 e. The molecular weight excluding hydrogens is 298 g/mol. The van der Waals surface area contributed by atoms with Crippen LogP contribution < -0.4 is 11.1 Å². The highest BCUT2D eigenvalue weighted by Crippen LogP contribution is 2.24. The van der Waals surface area contributed by atoms with Crippen LogP contribution in [0.25, 0.3) is 0 Å². The maximum atomic E-state index is 12.1. The number of nitrogens with one attached hydrogen (secondary N) is 1. The predicted molar refractivity (Wildman–Crippen MR) is 86.0 cm³/mol. The molecule has 2 aromatic carbocycles. The SMILES string of the molecule is Cc1ccc(C(O)CNC(=O)c2cccc([N+](=O)[O-])c2N)cc1. The molecule has 120 valence electrons. The number of aliphatic hydroxyl groups excluding tert-OH is 1. The first kappa shape index (κ1) is 16.4. The number of nitro groups is 1. The molecule has 0 aliphatic heterocycles. The van der Waals surface area contributed by atoms with Crippen LogP contribution in [0.4, 0.5) is 11.4 Å². The number of aliphatic hydroxyl groups is 1. The van der Waals surface area contributed by atoms with Gasteiger partial charge in [0.2, 0.25) is 0 Å². The van der Waals surface area contributed by atoms with E-state index in [2.05, 4.69) is 5.32 Å². The zero-order chi connectivity index (χ0) is 17.0. The Morgan fingerprint density at radius 2 is 1.96 bits per heavy atom. The molecule has 0 saturated carbocycles. The molecule has 1 atom stereocenters. The number of hydrogen-bond acceptors (Lipinski definition) is 5. The summed E-state index contributed by atoms with van der Waals surface area (Å²) < 4.78 is 0. The van der Waals surface area contributed by atoms with Gasteiger partial charge in [0, 0.05) is 12.6 Å². The largest absolute Gasteiger partial charge is 0.393 e. The minimum absolute atomic E-state index is 0.00954. The molecule has 7 heteroatoms. The number of hydrogen-bond donors (Lipinski definition) is 3. The fraction of sp³-hybridized carbons (Fsp3) is 0.188. The number of nitro benzene ring substituents is 1. The van der Waals surface area contributed by atoms with E-state index in [0.29, 0.717) is 5.56 Å². The van der Waals surface area contributed by atoms with Crippen molar-refractivity contribution in [2.45, 2.75) is 13.0 Å². The Hall–Kier alpha value is -2.93. The van der Waals surface area contributed by atoms with Gasteiger partial charge in [0.15, 0.2) is 0 Å². The molecule has 0 heterocycles. The molecule has 0 fully saturated rings. The van der Waals surface area contributed by atoms with Crippen molar-refractivity contribution in [1.82, 2.24) is 5.32 Å². The number of carbonyl (C=O) groups is 1. The average Bonchev–Trinajstić information content (AvgIpc) is 2.53. The number of para-hydroxylation sites is 1. The second kappa shape index (κ2) is 6.89. The van der Waals surface area contributed by atoms with Gasteiger partial charge in [-0.3, -0.25) is 14.9 Å². The summed E-state index contributed by atoms with van der Waals surface area (Å²) in [6.45, 7) is 1.91. The number of nitrogens with zero attached hydrogens (tertiary/aromatic N) is 1. The number of carbonyl (C=O) groups excluding carboxylic acids is 1. The number of nitrogens with two attached hydrogens (primary N) is 1. The van der Waals surface area contributed by atoms with Crippen LogP contribution in [0, 0.1) is 17.0 Å². The second-order valence-corrected chi connectivity index (χ2v) is 5.13. The molecule has 4 N–H and O–H groups in total. The van der Waals surface area contributed by atoms with Crippen molar-refractivity contribution in [2.75, 3.05) is 12.3 Å². The van der Waals surface area contributed by atoms with Gasteiger partial charge in [0.1, 0.15) is 5.69 Å². The Morgan fingerprint density at radius 1 is 1.30 bits per heavy atom. The summed E-state index contributed by atoms with van der Waals surface area (Å²) >= 11 is 0. The standard InChI is InChI=1S/C16H17N3O4/c1-10-5-7-11(8-6-10)14(20)9-18-16(21)12-3-2-4-13(15(12)17)19(22)23/h2-8,14,20H,9,17H2,1H3,(H,18,21). The van der Waals surface area contributed by atoms with Gasteiger partial charge >= 0.3 is 0 Å². The van der Waals surface area contributed by atoms with Crippen LogP contribution in [-0.2, 0) is 0 Å². The highest BCUT2D eigenvalue weighted by atomic mass is 16.6. The average molecular weight is 315 g/mol. The molecule has 2 aromatic rings. The third-order valence-corrected chi connectivity index (χ3v) is 3.44. The predicted octanol–water partition coefficient (Wildman–Crippen LogP) is 1.95. The van der Waals surface area contributed by atoms with Gasteiger partial charge in [-0.15, -0.1) is 0 Å². The molecule has 0 spiro atoms. The van der Waals surface area contributed by atoms with Gasteiger partial charge < -0.3 is 16.2 Å². The Kier molecular flexibility index (Phi) is 4.92. The Bertz CT molecular complexity index is 729. The van der Waals surface area contributed by atoms with E-state index >= 15 is 0 Å². The van der Waals surface area contributed by atoms with E-state index in [1.807, 2.05) is 19.1 Å². The number of aryl methyl sites for hydroxylation is 1. The highest BCUT2D eigenvalue weighted by molar-refractivity contribution is 6.00. The smallest absolute Gasteiger partial charge is 0.292 e. The molecule has 0 aromatic heterocycles. The van der Waals surface area contributed by atoms with Crippen LogP contribution in [0.2, 0.25) is 0 Å². The van der Waals surface area contributed by atoms with E-state index in [1.165, 1.54) is 18.2 Å². The fourth-order valence-electron chi connectivity index (χ4n) is 2.10. The van der Waals surface area contributed by atoms with Crippen molar-refractivity contribution in [3.63, 3.8) is 0 Å². The molecule has 0 saturated heterocycles. The topological polar surface area (TPSA) is 118 Å². The van der Waals surface area contributed by atoms with Gasteiger partial charge in [-0.05, 0) is 18.6 Å². The fourth-order valence-corrected chi connectivity index (χ4v) is 2.10. The molecule has 1 unspecified atom stereocenters. The lowest BCUT2D eigenvalue weighted by molar-refractivity contribution is -0.383. The summed E-state index contributed by atoms with van der Waals surface area (Å²) in [5.74, 6) is -0.572. The molecular formula is C16H17N3O4. The summed E-state index contributed by atoms with van der Waals surface area (Å²) in [7, 11) is 0. The summed E-state index contributed by atoms with van der Waals surface area (Å²) in [5, 5.41) is 23.4. The Morgan fingerprint density at radius 3 is 2.57 bits per heavy atom. The number of benzene rings is 2. The van der Waals surface area contributed by atoms with E-state index in [9.17, 15) is 20.0 Å². The Labute approximate surface area is 132 Å². The number of rotatable bonds is 5. The van der Waals surface area contributed by atoms with E-state index in [4.69, 9.17) is 5.73 Å². The summed E-state index contributed by atoms with van der Waals surface area (Å²) in [6.07, 6.45) is -0.875. The highest BCUT2D eigenvalue weighted by Gasteiger charge is 2.19. The van der Waals surface area contributed by atoms with Crippen molar-refractivity contribution in [3.8, 4) is 0 Å². The van der Waals surface area contributed by atoms with E-state index in [0.717, 1.165) is 5.56 Å². The first-order chi connectivity index (χ1) is 10.9. The maximum absolute atomic E-state index is 12.1. The third kappa shape index (κ3) is 3.83. The van der Waals surface area contributed by atoms with Gasteiger partial charge in [-0.25, -0.2) is 0 Å². The molecule has 23 heavy (non-hydrogen) atoms. The van der Waals surface area contributed by atoms with E-state index in [1.54, 1.807) is 12.1 Å². The Balaban J connectivity index is 2.06. The first-order valence-electron chi connectivity index (χ1n) is 6.96. The number of amides is 1. The zero-order valence-corrected chi connectivity index (χ0v) is 12.5. The van der Waals surface area contributed by atoms with Crippen molar-refractivity contribution >= 4 is 17.3 Å². The molecule has 0 bridgehead atoms. The summed E-state index contributed by atoms with van der Waals surface area (Å²) in [6, 6.07) is 11.3. The van der Waals surface area contributed by atoms with Crippen molar-refractivity contribution in [2.24, 2.45) is 0 Å². The van der Waals surface area contributed by atoms with Crippen LogP contribution >= 0.6 is 0 Å². The molecule has 0 aliphatic rings. The van der Waals surface area contributed by atoms with Crippen molar-refractivity contribution in [1.29, 1.82) is 0 Å². The third-order valence-electron chi connectivity index (χ3n) is 3.44. The van der Waals surface area contributed by atoms with E-state index in [-0.39, 0.29) is 23.5 Å². The maximum Gasteiger partial charge on any atom is 0.292 e. The molecule has 7 nitrogen and oxygen atoms in total. The van der Waals surface area contributed by atoms with Crippen LogP contribution in [0.15, 0.2) is 42.5 Å². The van der Waals surface area contributed by atoms with Crippen LogP contribution in [0.1, 0.15) is 27.6 Å². The normalized spacial score (nSPS) is 11.7.